The van der Waals surface area contributed by atoms with Crippen LogP contribution >= 0.6 is 0 Å². The maximum absolute atomic E-state index is 12.4. The second kappa shape index (κ2) is 6.98. The fraction of sp³-hybridized carbons (Fsp3) is 0.278. The number of hydrogen-bond acceptors (Lipinski definition) is 3. The first kappa shape index (κ1) is 15.9. The molecule has 0 spiro atoms. The molecule has 3 N–H and O–H groups in total. The molecular weight excluding hydrogens is 276 g/mol. The van der Waals surface area contributed by atoms with Crippen LogP contribution in [0.1, 0.15) is 24.5 Å². The molecule has 0 unspecified atom stereocenters. The summed E-state index contributed by atoms with van der Waals surface area (Å²) < 4.78 is 5.78. The summed E-state index contributed by atoms with van der Waals surface area (Å²) in [7, 11) is 0. The van der Waals surface area contributed by atoms with Gasteiger partial charge in [-0.25, -0.2) is 0 Å². The normalized spacial score (nSPS) is 11.8. The lowest BCUT2D eigenvalue weighted by atomic mass is 10.1. The van der Waals surface area contributed by atoms with Crippen LogP contribution in [0.4, 0.5) is 11.4 Å². The van der Waals surface area contributed by atoms with Crippen molar-refractivity contribution in [2.45, 2.75) is 33.3 Å². The summed E-state index contributed by atoms with van der Waals surface area (Å²) in [5.74, 6) is 0.522. The van der Waals surface area contributed by atoms with Gasteiger partial charge in [0, 0.05) is 11.4 Å². The summed E-state index contributed by atoms with van der Waals surface area (Å²) in [5, 5.41) is 2.89. The molecule has 22 heavy (non-hydrogen) atoms. The smallest absolute Gasteiger partial charge is 0.265 e. The molecule has 2 aromatic rings. The van der Waals surface area contributed by atoms with Crippen LogP contribution in [0.5, 0.6) is 5.75 Å². The molecule has 2 aromatic carbocycles. The Hall–Kier alpha value is -2.49. The first-order chi connectivity index (χ1) is 10.5. The quantitative estimate of drug-likeness (QED) is 0.828. The topological polar surface area (TPSA) is 64.3 Å². The molecule has 0 aliphatic carbocycles. The first-order valence-electron chi connectivity index (χ1n) is 7.40. The third kappa shape index (κ3) is 4.01. The molecule has 1 atom stereocenters. The van der Waals surface area contributed by atoms with Gasteiger partial charge in [-0.05, 0) is 50.1 Å². The van der Waals surface area contributed by atoms with Crippen molar-refractivity contribution >= 4 is 17.3 Å². The van der Waals surface area contributed by atoms with Crippen LogP contribution in [0.25, 0.3) is 0 Å². The predicted molar refractivity (Wildman–Crippen MR) is 90.1 cm³/mol. The van der Waals surface area contributed by atoms with E-state index in [9.17, 15) is 4.79 Å². The number of ether oxygens (including phenoxy) is 1. The van der Waals surface area contributed by atoms with E-state index in [4.69, 9.17) is 10.5 Å². The number of nitrogen functional groups attached to an aromatic ring is 1. The molecule has 116 valence electrons. The van der Waals surface area contributed by atoms with Gasteiger partial charge in [-0.2, -0.15) is 0 Å². The monoisotopic (exact) mass is 298 g/mol. The van der Waals surface area contributed by atoms with Gasteiger partial charge in [0.2, 0.25) is 0 Å². The third-order valence-corrected chi connectivity index (χ3v) is 3.48. The van der Waals surface area contributed by atoms with Crippen LogP contribution in [0.15, 0.2) is 42.5 Å². The van der Waals surface area contributed by atoms with Crippen molar-refractivity contribution in [2.75, 3.05) is 11.1 Å². The lowest BCUT2D eigenvalue weighted by Crippen LogP contribution is -2.32. The fourth-order valence-corrected chi connectivity index (χ4v) is 2.09. The maximum Gasteiger partial charge on any atom is 0.265 e. The maximum atomic E-state index is 12.4. The summed E-state index contributed by atoms with van der Waals surface area (Å²) in [6.45, 7) is 5.86. The minimum absolute atomic E-state index is 0.170. The standard InChI is InChI=1S/C18H22N2O2/c1-4-17(22-15-9-5-12(2)6-10-15)18(21)20-16-11-14(19)8-7-13(16)3/h5-11,17H,4,19H2,1-3H3,(H,20,21)/t17-/m1/s1. The van der Waals surface area contributed by atoms with Gasteiger partial charge in [0.1, 0.15) is 5.75 Å². The minimum Gasteiger partial charge on any atom is -0.481 e. The highest BCUT2D eigenvalue weighted by atomic mass is 16.5. The van der Waals surface area contributed by atoms with Crippen LogP contribution in [0, 0.1) is 13.8 Å². The third-order valence-electron chi connectivity index (χ3n) is 3.48. The Morgan fingerprint density at radius 2 is 1.86 bits per heavy atom. The van der Waals surface area contributed by atoms with Crippen LogP contribution in [-0.2, 0) is 4.79 Å². The zero-order chi connectivity index (χ0) is 16.1. The van der Waals surface area contributed by atoms with E-state index in [1.807, 2.05) is 57.2 Å². The molecule has 0 radical (unpaired) electrons. The fourth-order valence-electron chi connectivity index (χ4n) is 2.09. The van der Waals surface area contributed by atoms with Crippen molar-refractivity contribution in [3.8, 4) is 5.75 Å². The largest absolute Gasteiger partial charge is 0.481 e. The molecule has 4 nitrogen and oxygen atoms in total. The molecule has 2 rings (SSSR count). The zero-order valence-corrected chi connectivity index (χ0v) is 13.2. The summed E-state index contributed by atoms with van der Waals surface area (Å²) >= 11 is 0. The summed E-state index contributed by atoms with van der Waals surface area (Å²) in [4.78, 5) is 12.4. The molecule has 0 aliphatic rings. The lowest BCUT2D eigenvalue weighted by Gasteiger charge is -2.18. The van der Waals surface area contributed by atoms with Gasteiger partial charge in [0.05, 0.1) is 0 Å². The van der Waals surface area contributed by atoms with E-state index in [1.165, 1.54) is 0 Å². The first-order valence-corrected chi connectivity index (χ1v) is 7.40. The van der Waals surface area contributed by atoms with Crippen LogP contribution in [-0.4, -0.2) is 12.0 Å². The number of nitrogens with two attached hydrogens (primary N) is 1. The number of anilines is 2. The number of carbonyl (C=O) groups excluding carboxylic acids is 1. The number of hydrogen-bond donors (Lipinski definition) is 2. The highest BCUT2D eigenvalue weighted by Crippen LogP contribution is 2.20. The van der Waals surface area contributed by atoms with Crippen molar-refractivity contribution in [3.05, 3.63) is 53.6 Å². The number of carbonyl (C=O) groups is 1. The zero-order valence-electron chi connectivity index (χ0n) is 13.2. The second-order valence-electron chi connectivity index (χ2n) is 5.39. The predicted octanol–water partition coefficient (Wildman–Crippen LogP) is 3.68. The molecule has 0 aliphatic heterocycles. The van der Waals surface area contributed by atoms with Crippen LogP contribution < -0.4 is 15.8 Å². The van der Waals surface area contributed by atoms with Gasteiger partial charge in [0.15, 0.2) is 6.10 Å². The number of amides is 1. The van der Waals surface area contributed by atoms with Crippen molar-refractivity contribution in [1.82, 2.24) is 0 Å². The molecule has 0 aromatic heterocycles. The van der Waals surface area contributed by atoms with E-state index in [-0.39, 0.29) is 5.91 Å². The summed E-state index contributed by atoms with van der Waals surface area (Å²) in [6.07, 6.45) is 0.0460. The van der Waals surface area contributed by atoms with E-state index in [1.54, 1.807) is 6.07 Å². The Kier molecular flexibility index (Phi) is 5.04. The van der Waals surface area contributed by atoms with E-state index < -0.39 is 6.10 Å². The Balaban J connectivity index is 2.08. The van der Waals surface area contributed by atoms with Crippen molar-refractivity contribution in [1.29, 1.82) is 0 Å². The van der Waals surface area contributed by atoms with Crippen LogP contribution in [0.3, 0.4) is 0 Å². The molecule has 0 bridgehead atoms. The average molecular weight is 298 g/mol. The van der Waals surface area contributed by atoms with E-state index >= 15 is 0 Å². The number of rotatable bonds is 5. The molecule has 1 amide bonds. The SMILES string of the molecule is CC[C@@H](Oc1ccc(C)cc1)C(=O)Nc1cc(N)ccc1C. The molecule has 0 heterocycles. The highest BCUT2D eigenvalue weighted by molar-refractivity contribution is 5.95. The highest BCUT2D eigenvalue weighted by Gasteiger charge is 2.19. The van der Waals surface area contributed by atoms with Gasteiger partial charge < -0.3 is 15.8 Å². The van der Waals surface area contributed by atoms with E-state index in [0.717, 1.165) is 16.8 Å². The Morgan fingerprint density at radius 1 is 1.18 bits per heavy atom. The summed E-state index contributed by atoms with van der Waals surface area (Å²) in [6, 6.07) is 13.1. The Bertz CT molecular complexity index is 651. The molecule has 4 heteroatoms. The molecule has 0 fully saturated rings. The van der Waals surface area contributed by atoms with Gasteiger partial charge in [-0.1, -0.05) is 30.7 Å². The average Bonchev–Trinajstić information content (AvgIpc) is 2.50. The number of aryl methyl sites for hydroxylation is 2. The van der Waals surface area contributed by atoms with Crippen LogP contribution in [0.2, 0.25) is 0 Å². The van der Waals surface area contributed by atoms with E-state index in [2.05, 4.69) is 5.32 Å². The van der Waals surface area contributed by atoms with Gasteiger partial charge in [-0.3, -0.25) is 4.79 Å². The molecular formula is C18H22N2O2. The van der Waals surface area contributed by atoms with Gasteiger partial charge >= 0.3 is 0 Å². The van der Waals surface area contributed by atoms with Crippen molar-refractivity contribution in [3.63, 3.8) is 0 Å². The summed E-state index contributed by atoms with van der Waals surface area (Å²) in [5.41, 5.74) is 9.22. The van der Waals surface area contributed by atoms with Crippen molar-refractivity contribution in [2.24, 2.45) is 0 Å². The van der Waals surface area contributed by atoms with Gasteiger partial charge in [-0.15, -0.1) is 0 Å². The second-order valence-corrected chi connectivity index (χ2v) is 5.39. The minimum atomic E-state index is -0.538. The van der Waals surface area contributed by atoms with Gasteiger partial charge in [0.25, 0.3) is 5.91 Å². The lowest BCUT2D eigenvalue weighted by molar-refractivity contribution is -0.122. The Morgan fingerprint density at radius 3 is 2.50 bits per heavy atom. The molecule has 0 saturated heterocycles. The number of benzene rings is 2. The number of nitrogens with one attached hydrogen (secondary N) is 1. The molecule has 0 saturated carbocycles. The van der Waals surface area contributed by atoms with E-state index in [0.29, 0.717) is 17.9 Å². The Labute approximate surface area is 131 Å². The van der Waals surface area contributed by atoms with Crippen molar-refractivity contribution < 1.29 is 9.53 Å².